The van der Waals surface area contributed by atoms with Crippen molar-refractivity contribution in [3.63, 3.8) is 0 Å². The van der Waals surface area contributed by atoms with Crippen molar-refractivity contribution in [2.75, 3.05) is 18.0 Å². The SMILES string of the molecule is Cc1c(Br)cccc1C(=O)N1CCNCc2ccccc21. The third-order valence-electron chi connectivity index (χ3n) is 3.85. The second kappa shape index (κ2) is 6.00. The number of nitrogens with zero attached hydrogens (tertiary/aromatic N) is 1. The number of anilines is 1. The molecule has 2 aromatic rings. The fourth-order valence-corrected chi connectivity index (χ4v) is 3.02. The molecule has 0 fully saturated rings. The van der Waals surface area contributed by atoms with Crippen molar-refractivity contribution in [1.82, 2.24) is 5.32 Å². The summed E-state index contributed by atoms with van der Waals surface area (Å²) >= 11 is 3.50. The van der Waals surface area contributed by atoms with Crippen LogP contribution in [0.1, 0.15) is 21.5 Å². The van der Waals surface area contributed by atoms with Crippen LogP contribution in [-0.2, 0) is 6.54 Å². The second-order valence-corrected chi connectivity index (χ2v) is 6.03. The van der Waals surface area contributed by atoms with Gasteiger partial charge in [-0.2, -0.15) is 0 Å². The van der Waals surface area contributed by atoms with Crippen LogP contribution < -0.4 is 10.2 Å². The molecule has 0 bridgehead atoms. The van der Waals surface area contributed by atoms with Gasteiger partial charge in [-0.15, -0.1) is 0 Å². The van der Waals surface area contributed by atoms with Gasteiger partial charge < -0.3 is 10.2 Å². The van der Waals surface area contributed by atoms with Gasteiger partial charge in [-0.1, -0.05) is 40.2 Å². The maximum absolute atomic E-state index is 13.0. The lowest BCUT2D eigenvalue weighted by atomic mass is 10.1. The van der Waals surface area contributed by atoms with Crippen molar-refractivity contribution in [3.8, 4) is 0 Å². The van der Waals surface area contributed by atoms with Crippen molar-refractivity contribution in [2.45, 2.75) is 13.5 Å². The lowest BCUT2D eigenvalue weighted by molar-refractivity contribution is 0.0987. The molecule has 1 aliphatic rings. The van der Waals surface area contributed by atoms with E-state index in [1.54, 1.807) is 0 Å². The van der Waals surface area contributed by atoms with E-state index >= 15 is 0 Å². The predicted octanol–water partition coefficient (Wildman–Crippen LogP) is 3.51. The average Bonchev–Trinajstić information content (AvgIpc) is 2.72. The van der Waals surface area contributed by atoms with Gasteiger partial charge in [0.1, 0.15) is 0 Å². The number of rotatable bonds is 1. The van der Waals surface area contributed by atoms with Gasteiger partial charge >= 0.3 is 0 Å². The van der Waals surface area contributed by atoms with Crippen LogP contribution in [-0.4, -0.2) is 19.0 Å². The minimum atomic E-state index is 0.0601. The lowest BCUT2D eigenvalue weighted by Crippen LogP contribution is -2.35. The first-order chi connectivity index (χ1) is 10.2. The summed E-state index contributed by atoms with van der Waals surface area (Å²) in [5.74, 6) is 0.0601. The predicted molar refractivity (Wildman–Crippen MR) is 88.7 cm³/mol. The Morgan fingerprint density at radius 3 is 2.86 bits per heavy atom. The Bertz CT molecular complexity index is 684. The highest BCUT2D eigenvalue weighted by atomic mass is 79.9. The van der Waals surface area contributed by atoms with Gasteiger partial charge in [0.25, 0.3) is 5.91 Å². The molecule has 0 aliphatic carbocycles. The summed E-state index contributed by atoms with van der Waals surface area (Å²) in [6, 6.07) is 13.9. The van der Waals surface area contributed by atoms with Gasteiger partial charge in [-0.25, -0.2) is 0 Å². The second-order valence-electron chi connectivity index (χ2n) is 5.17. The molecule has 3 nitrogen and oxygen atoms in total. The normalized spacial score (nSPS) is 14.5. The van der Waals surface area contributed by atoms with E-state index in [1.165, 1.54) is 0 Å². The number of carbonyl (C=O) groups excluding carboxylic acids is 1. The van der Waals surface area contributed by atoms with Crippen LogP contribution in [0, 0.1) is 6.92 Å². The first kappa shape index (κ1) is 14.3. The maximum atomic E-state index is 13.0. The van der Waals surface area contributed by atoms with Crippen LogP contribution in [0.25, 0.3) is 0 Å². The summed E-state index contributed by atoms with van der Waals surface area (Å²) in [5, 5.41) is 3.36. The summed E-state index contributed by atoms with van der Waals surface area (Å²) < 4.78 is 0.967. The third-order valence-corrected chi connectivity index (χ3v) is 4.71. The first-order valence-electron chi connectivity index (χ1n) is 7.04. The highest BCUT2D eigenvalue weighted by Crippen LogP contribution is 2.26. The first-order valence-corrected chi connectivity index (χ1v) is 7.83. The average molecular weight is 345 g/mol. The van der Waals surface area contributed by atoms with Crippen LogP contribution in [0.5, 0.6) is 0 Å². The fourth-order valence-electron chi connectivity index (χ4n) is 2.65. The molecule has 21 heavy (non-hydrogen) atoms. The number of amides is 1. The van der Waals surface area contributed by atoms with Crippen molar-refractivity contribution in [2.24, 2.45) is 0 Å². The Labute approximate surface area is 133 Å². The Morgan fingerprint density at radius 1 is 1.19 bits per heavy atom. The van der Waals surface area contributed by atoms with E-state index in [1.807, 2.05) is 48.2 Å². The van der Waals surface area contributed by atoms with E-state index in [0.29, 0.717) is 6.54 Å². The molecule has 0 radical (unpaired) electrons. The van der Waals surface area contributed by atoms with E-state index in [0.717, 1.165) is 39.9 Å². The zero-order valence-corrected chi connectivity index (χ0v) is 13.5. The van der Waals surface area contributed by atoms with E-state index in [4.69, 9.17) is 0 Å². The molecule has 1 amide bonds. The molecule has 0 aromatic heterocycles. The summed E-state index contributed by atoms with van der Waals surface area (Å²) in [6.45, 7) is 4.26. The van der Waals surface area contributed by atoms with Crippen LogP contribution in [0.15, 0.2) is 46.9 Å². The van der Waals surface area contributed by atoms with Gasteiger partial charge in [0, 0.05) is 35.4 Å². The highest BCUT2D eigenvalue weighted by molar-refractivity contribution is 9.10. The molecule has 0 unspecified atom stereocenters. The zero-order chi connectivity index (χ0) is 14.8. The van der Waals surface area contributed by atoms with Crippen molar-refractivity contribution in [3.05, 3.63) is 63.6 Å². The van der Waals surface area contributed by atoms with Gasteiger partial charge in [0.2, 0.25) is 0 Å². The molecule has 1 heterocycles. The third kappa shape index (κ3) is 2.74. The largest absolute Gasteiger partial charge is 0.311 e. The van der Waals surface area contributed by atoms with Crippen molar-refractivity contribution < 1.29 is 4.79 Å². The lowest BCUT2D eigenvalue weighted by Gasteiger charge is -2.23. The molecular weight excluding hydrogens is 328 g/mol. The number of hydrogen-bond donors (Lipinski definition) is 1. The number of hydrogen-bond acceptors (Lipinski definition) is 2. The van der Waals surface area contributed by atoms with E-state index in [9.17, 15) is 4.79 Å². The Balaban J connectivity index is 2.03. The maximum Gasteiger partial charge on any atom is 0.258 e. The molecular formula is C17H17BrN2O. The molecule has 4 heteroatoms. The van der Waals surface area contributed by atoms with E-state index in [2.05, 4.69) is 27.3 Å². The zero-order valence-electron chi connectivity index (χ0n) is 11.9. The van der Waals surface area contributed by atoms with Crippen LogP contribution in [0.3, 0.4) is 0 Å². The number of halogens is 1. The summed E-state index contributed by atoms with van der Waals surface area (Å²) in [5.41, 5.74) is 3.90. The van der Waals surface area contributed by atoms with Gasteiger partial charge in [0.05, 0.1) is 0 Å². The Kier molecular flexibility index (Phi) is 4.08. The molecule has 2 aromatic carbocycles. The van der Waals surface area contributed by atoms with Crippen molar-refractivity contribution >= 4 is 27.5 Å². The fraction of sp³-hybridized carbons (Fsp3) is 0.235. The topological polar surface area (TPSA) is 32.3 Å². The molecule has 108 valence electrons. The van der Waals surface area contributed by atoms with Crippen LogP contribution >= 0.6 is 15.9 Å². The molecule has 0 saturated heterocycles. The van der Waals surface area contributed by atoms with Crippen LogP contribution in [0.4, 0.5) is 5.69 Å². The standard InChI is InChI=1S/C17H17BrN2O/c1-12-14(6-4-7-15(12)18)17(21)20-10-9-19-11-13-5-2-3-8-16(13)20/h2-8,19H,9-11H2,1H3. The summed E-state index contributed by atoms with van der Waals surface area (Å²) in [7, 11) is 0. The van der Waals surface area contributed by atoms with Gasteiger partial charge in [-0.05, 0) is 36.2 Å². The minimum Gasteiger partial charge on any atom is -0.311 e. The molecule has 1 aliphatic heterocycles. The summed E-state index contributed by atoms with van der Waals surface area (Å²) in [6.07, 6.45) is 0. The minimum absolute atomic E-state index is 0.0601. The number of para-hydroxylation sites is 1. The monoisotopic (exact) mass is 344 g/mol. The molecule has 0 atom stereocenters. The Hall–Kier alpha value is -1.65. The number of carbonyl (C=O) groups is 1. The molecule has 3 rings (SSSR count). The molecule has 0 spiro atoms. The van der Waals surface area contributed by atoms with E-state index < -0.39 is 0 Å². The molecule has 1 N–H and O–H groups in total. The van der Waals surface area contributed by atoms with Crippen LogP contribution in [0.2, 0.25) is 0 Å². The number of benzene rings is 2. The van der Waals surface area contributed by atoms with Gasteiger partial charge in [-0.3, -0.25) is 4.79 Å². The Morgan fingerprint density at radius 2 is 2.00 bits per heavy atom. The highest BCUT2D eigenvalue weighted by Gasteiger charge is 2.23. The number of nitrogens with one attached hydrogen (secondary N) is 1. The van der Waals surface area contributed by atoms with Gasteiger partial charge in [0.15, 0.2) is 0 Å². The number of fused-ring (bicyclic) bond motifs is 1. The van der Waals surface area contributed by atoms with Crippen molar-refractivity contribution in [1.29, 1.82) is 0 Å². The summed E-state index contributed by atoms with van der Waals surface area (Å²) in [4.78, 5) is 14.8. The quantitative estimate of drug-likeness (QED) is 0.858. The molecule has 0 saturated carbocycles. The van der Waals surface area contributed by atoms with E-state index in [-0.39, 0.29) is 5.91 Å². The smallest absolute Gasteiger partial charge is 0.258 e.